The Balaban J connectivity index is 1.46. The zero-order valence-electron chi connectivity index (χ0n) is 12.7. The normalized spacial score (nSPS) is 27.0. The van der Waals surface area contributed by atoms with Gasteiger partial charge in [-0.15, -0.1) is 0 Å². The quantitative estimate of drug-likeness (QED) is 0.834. The van der Waals surface area contributed by atoms with Crippen molar-refractivity contribution >= 4 is 0 Å². The van der Waals surface area contributed by atoms with Gasteiger partial charge in [0, 0.05) is 24.6 Å². The van der Waals surface area contributed by atoms with Crippen molar-refractivity contribution < 1.29 is 0 Å². The van der Waals surface area contributed by atoms with Crippen LogP contribution in [0, 0.1) is 5.92 Å². The van der Waals surface area contributed by atoms with Gasteiger partial charge in [-0.1, -0.05) is 6.42 Å². The second-order valence-corrected chi connectivity index (χ2v) is 7.14. The molecule has 2 aliphatic carbocycles. The van der Waals surface area contributed by atoms with Crippen LogP contribution in [0.3, 0.4) is 0 Å². The smallest absolute Gasteiger partial charge is 0.266 e. The van der Waals surface area contributed by atoms with E-state index >= 15 is 0 Å². The first-order valence-corrected chi connectivity index (χ1v) is 8.62. The summed E-state index contributed by atoms with van der Waals surface area (Å²) in [5, 5.41) is 4.62. The molecule has 4 heteroatoms. The van der Waals surface area contributed by atoms with Gasteiger partial charge in [-0.25, -0.2) is 4.68 Å². The van der Waals surface area contributed by atoms with Crippen LogP contribution in [0.4, 0.5) is 0 Å². The summed E-state index contributed by atoms with van der Waals surface area (Å²) < 4.78 is 1.73. The first-order valence-electron chi connectivity index (χ1n) is 8.62. The SMILES string of the molecule is O=c1ccc(C2CC2)nn1CC1CCCN1CC1CCC1. The Morgan fingerprint density at radius 3 is 2.62 bits per heavy atom. The molecule has 2 heterocycles. The summed E-state index contributed by atoms with van der Waals surface area (Å²) in [6.07, 6.45) is 9.18. The fourth-order valence-corrected chi connectivity index (χ4v) is 3.74. The molecule has 1 saturated heterocycles. The van der Waals surface area contributed by atoms with E-state index in [0.717, 1.165) is 18.2 Å². The number of aromatic nitrogens is 2. The molecule has 1 unspecified atom stereocenters. The van der Waals surface area contributed by atoms with Gasteiger partial charge in [0.2, 0.25) is 0 Å². The van der Waals surface area contributed by atoms with Crippen molar-refractivity contribution in [1.82, 2.24) is 14.7 Å². The molecule has 0 aromatic carbocycles. The summed E-state index contributed by atoms with van der Waals surface area (Å²) in [6, 6.07) is 4.16. The number of hydrogen-bond acceptors (Lipinski definition) is 3. The van der Waals surface area contributed by atoms with E-state index in [1.165, 1.54) is 58.0 Å². The summed E-state index contributed by atoms with van der Waals surface area (Å²) in [7, 11) is 0. The van der Waals surface area contributed by atoms with Crippen molar-refractivity contribution in [2.24, 2.45) is 5.92 Å². The summed E-state index contributed by atoms with van der Waals surface area (Å²) >= 11 is 0. The molecule has 0 amide bonds. The maximum atomic E-state index is 12.1. The molecule has 3 fully saturated rings. The molecular weight excluding hydrogens is 262 g/mol. The van der Waals surface area contributed by atoms with Crippen LogP contribution in [0.25, 0.3) is 0 Å². The molecule has 1 aliphatic heterocycles. The van der Waals surface area contributed by atoms with Crippen LogP contribution < -0.4 is 5.56 Å². The van der Waals surface area contributed by atoms with Gasteiger partial charge >= 0.3 is 0 Å². The summed E-state index contributed by atoms with van der Waals surface area (Å²) in [4.78, 5) is 14.7. The highest BCUT2D eigenvalue weighted by molar-refractivity contribution is 5.12. The van der Waals surface area contributed by atoms with Crippen molar-refractivity contribution in [1.29, 1.82) is 0 Å². The summed E-state index contributed by atoms with van der Waals surface area (Å²) in [6.45, 7) is 3.23. The molecular formula is C17H25N3O. The van der Waals surface area contributed by atoms with E-state index in [1.54, 1.807) is 10.7 Å². The van der Waals surface area contributed by atoms with Gasteiger partial charge in [-0.2, -0.15) is 5.10 Å². The highest BCUT2D eigenvalue weighted by atomic mass is 16.1. The van der Waals surface area contributed by atoms with E-state index < -0.39 is 0 Å². The average molecular weight is 287 g/mol. The Hall–Kier alpha value is -1.16. The van der Waals surface area contributed by atoms with Crippen molar-refractivity contribution in [2.45, 2.75) is 63.5 Å². The highest BCUT2D eigenvalue weighted by Crippen LogP contribution is 2.38. The second-order valence-electron chi connectivity index (χ2n) is 7.14. The van der Waals surface area contributed by atoms with Crippen LogP contribution >= 0.6 is 0 Å². The highest BCUT2D eigenvalue weighted by Gasteiger charge is 2.30. The van der Waals surface area contributed by atoms with Crippen LogP contribution in [0.5, 0.6) is 0 Å². The predicted octanol–water partition coefficient (Wildman–Crippen LogP) is 2.39. The minimum atomic E-state index is 0.0647. The predicted molar refractivity (Wildman–Crippen MR) is 82.4 cm³/mol. The second kappa shape index (κ2) is 5.56. The van der Waals surface area contributed by atoms with Gasteiger partial charge in [0.15, 0.2) is 0 Å². The van der Waals surface area contributed by atoms with E-state index in [2.05, 4.69) is 10.00 Å². The molecule has 0 radical (unpaired) electrons. The number of likely N-dealkylation sites (tertiary alicyclic amines) is 1. The molecule has 21 heavy (non-hydrogen) atoms. The molecule has 4 nitrogen and oxygen atoms in total. The Bertz CT molecular complexity index is 559. The van der Waals surface area contributed by atoms with Crippen LogP contribution in [0.15, 0.2) is 16.9 Å². The summed E-state index contributed by atoms with van der Waals surface area (Å²) in [5.41, 5.74) is 1.19. The first kappa shape index (κ1) is 13.5. The minimum Gasteiger partial charge on any atom is -0.298 e. The Kier molecular flexibility index (Phi) is 3.57. The van der Waals surface area contributed by atoms with Crippen molar-refractivity contribution in [3.63, 3.8) is 0 Å². The lowest BCUT2D eigenvalue weighted by Gasteiger charge is -2.33. The van der Waals surface area contributed by atoms with Crippen molar-refractivity contribution in [3.8, 4) is 0 Å². The molecule has 3 aliphatic rings. The van der Waals surface area contributed by atoms with Crippen molar-refractivity contribution in [2.75, 3.05) is 13.1 Å². The number of nitrogens with zero attached hydrogens (tertiary/aromatic N) is 3. The fourth-order valence-electron chi connectivity index (χ4n) is 3.74. The molecule has 0 bridgehead atoms. The third-order valence-electron chi connectivity index (χ3n) is 5.48. The number of hydrogen-bond donors (Lipinski definition) is 0. The van der Waals surface area contributed by atoms with E-state index in [0.29, 0.717) is 12.0 Å². The van der Waals surface area contributed by atoms with Gasteiger partial charge in [-0.05, 0) is 57.1 Å². The van der Waals surface area contributed by atoms with Gasteiger partial charge in [0.25, 0.3) is 5.56 Å². The van der Waals surface area contributed by atoms with Crippen LogP contribution in [0.2, 0.25) is 0 Å². The van der Waals surface area contributed by atoms with Crippen LogP contribution in [-0.4, -0.2) is 33.8 Å². The molecule has 114 valence electrons. The summed E-state index contributed by atoms with van der Waals surface area (Å²) in [5.74, 6) is 1.53. The fraction of sp³-hybridized carbons (Fsp3) is 0.765. The molecule has 1 aromatic heterocycles. The maximum absolute atomic E-state index is 12.1. The lowest BCUT2D eigenvalue weighted by molar-refractivity contribution is 0.153. The molecule has 0 spiro atoms. The van der Waals surface area contributed by atoms with E-state index in [4.69, 9.17) is 0 Å². The van der Waals surface area contributed by atoms with Crippen LogP contribution in [0.1, 0.15) is 56.6 Å². The zero-order chi connectivity index (χ0) is 14.2. The van der Waals surface area contributed by atoms with Crippen molar-refractivity contribution in [3.05, 3.63) is 28.2 Å². The van der Waals surface area contributed by atoms with E-state index in [1.807, 2.05) is 6.07 Å². The van der Waals surface area contributed by atoms with Gasteiger partial charge in [0.05, 0.1) is 12.2 Å². The van der Waals surface area contributed by atoms with Gasteiger partial charge < -0.3 is 0 Å². The Morgan fingerprint density at radius 2 is 1.90 bits per heavy atom. The van der Waals surface area contributed by atoms with Gasteiger partial charge in [-0.3, -0.25) is 9.69 Å². The average Bonchev–Trinajstić information content (AvgIpc) is 3.19. The molecule has 1 atom stereocenters. The van der Waals surface area contributed by atoms with E-state index in [9.17, 15) is 4.79 Å². The van der Waals surface area contributed by atoms with Gasteiger partial charge in [0.1, 0.15) is 0 Å². The maximum Gasteiger partial charge on any atom is 0.266 e. The monoisotopic (exact) mass is 287 g/mol. The third-order valence-corrected chi connectivity index (χ3v) is 5.48. The Morgan fingerprint density at radius 1 is 1.05 bits per heavy atom. The lowest BCUT2D eigenvalue weighted by atomic mass is 9.85. The minimum absolute atomic E-state index is 0.0647. The Labute approximate surface area is 126 Å². The molecule has 4 rings (SSSR count). The third kappa shape index (κ3) is 2.91. The largest absolute Gasteiger partial charge is 0.298 e. The molecule has 0 N–H and O–H groups in total. The zero-order valence-corrected chi connectivity index (χ0v) is 12.7. The molecule has 1 aromatic rings. The standard InChI is InChI=1S/C17H25N3O/c21-17-9-8-16(14-6-7-14)18-20(17)12-15-5-2-10-19(15)11-13-3-1-4-13/h8-9,13-15H,1-7,10-12H2. The number of rotatable bonds is 5. The van der Waals surface area contributed by atoms with Crippen LogP contribution in [-0.2, 0) is 6.54 Å². The lowest BCUT2D eigenvalue weighted by Crippen LogP contribution is -2.40. The molecule has 2 saturated carbocycles. The first-order chi connectivity index (χ1) is 10.3. The topological polar surface area (TPSA) is 38.1 Å². The van der Waals surface area contributed by atoms with E-state index in [-0.39, 0.29) is 5.56 Å².